The summed E-state index contributed by atoms with van der Waals surface area (Å²) in [6, 6.07) is 1.86. The van der Waals surface area contributed by atoms with Gasteiger partial charge < -0.3 is 0 Å². The van der Waals surface area contributed by atoms with Gasteiger partial charge in [-0.3, -0.25) is 0 Å². The average molecular weight is 171 g/mol. The van der Waals surface area contributed by atoms with Crippen LogP contribution in [0.15, 0.2) is 18.6 Å². The highest BCUT2D eigenvalue weighted by Crippen LogP contribution is 2.26. The van der Waals surface area contributed by atoms with Gasteiger partial charge in [-0.2, -0.15) is 0 Å². The Kier molecular flexibility index (Phi) is 1.32. The normalized spacial score (nSPS) is 10.5. The quantitative estimate of drug-likeness (QED) is 0.607. The fourth-order valence-electron chi connectivity index (χ4n) is 0.758. The molecule has 50 valence electrons. The van der Waals surface area contributed by atoms with E-state index in [0.717, 1.165) is 14.6 Å². The molecule has 0 aromatic carbocycles. The lowest BCUT2D eigenvalue weighted by Crippen LogP contribution is -1.71. The molecule has 0 N–H and O–H groups in total. The minimum atomic E-state index is 0.760. The zero-order valence-electron chi connectivity index (χ0n) is 4.91. The van der Waals surface area contributed by atoms with E-state index in [-0.39, 0.29) is 0 Å². The van der Waals surface area contributed by atoms with E-state index in [2.05, 4.69) is 9.97 Å². The van der Waals surface area contributed by atoms with E-state index in [1.165, 1.54) is 17.7 Å². The molecule has 2 aromatic heterocycles. The van der Waals surface area contributed by atoms with Gasteiger partial charge in [0, 0.05) is 11.6 Å². The van der Waals surface area contributed by atoms with Crippen molar-refractivity contribution in [2.45, 2.75) is 0 Å². The summed E-state index contributed by atoms with van der Waals surface area (Å²) in [6.07, 6.45) is 3.28. The summed E-state index contributed by atoms with van der Waals surface area (Å²) in [7, 11) is 0. The lowest BCUT2D eigenvalue weighted by molar-refractivity contribution is 1.23. The molecule has 10 heavy (non-hydrogen) atoms. The van der Waals surface area contributed by atoms with Crippen LogP contribution in [0.3, 0.4) is 0 Å². The first-order valence-electron chi connectivity index (χ1n) is 2.71. The second kappa shape index (κ2) is 2.18. The number of fused-ring (bicyclic) bond motifs is 1. The van der Waals surface area contributed by atoms with Crippen molar-refractivity contribution in [1.82, 2.24) is 9.97 Å². The van der Waals surface area contributed by atoms with Crippen LogP contribution in [0.5, 0.6) is 0 Å². The molecule has 2 aromatic rings. The molecule has 0 aliphatic heterocycles. The smallest absolute Gasteiger partial charge is 0.128 e. The Morgan fingerprint density at radius 2 is 2.40 bits per heavy atom. The summed E-state index contributed by atoms with van der Waals surface area (Å²) < 4.78 is 0.760. The maximum atomic E-state index is 5.73. The number of rotatable bonds is 0. The third-order valence-corrected chi connectivity index (χ3v) is 2.35. The van der Waals surface area contributed by atoms with Gasteiger partial charge in [-0.05, 0) is 6.07 Å². The average Bonchev–Trinajstić information content (AvgIpc) is 2.27. The largest absolute Gasteiger partial charge is 0.244 e. The van der Waals surface area contributed by atoms with Crippen LogP contribution in [0.4, 0.5) is 0 Å². The van der Waals surface area contributed by atoms with E-state index in [0.29, 0.717) is 0 Å². The zero-order chi connectivity index (χ0) is 6.97. The molecule has 0 atom stereocenters. The van der Waals surface area contributed by atoms with Crippen molar-refractivity contribution in [3.05, 3.63) is 22.9 Å². The number of aromatic nitrogens is 2. The summed E-state index contributed by atoms with van der Waals surface area (Å²) in [5.41, 5.74) is 0. The van der Waals surface area contributed by atoms with Crippen LogP contribution in [0.25, 0.3) is 10.2 Å². The van der Waals surface area contributed by atoms with Crippen LogP contribution in [-0.2, 0) is 0 Å². The van der Waals surface area contributed by atoms with Gasteiger partial charge in [0.25, 0.3) is 0 Å². The number of halogens is 1. The first kappa shape index (κ1) is 6.07. The summed E-state index contributed by atoms with van der Waals surface area (Å²) in [5, 5.41) is 1.01. The Labute approximate surface area is 66.5 Å². The highest BCUT2D eigenvalue weighted by molar-refractivity contribution is 7.22. The van der Waals surface area contributed by atoms with Crippen molar-refractivity contribution in [2.24, 2.45) is 0 Å². The van der Waals surface area contributed by atoms with Crippen molar-refractivity contribution >= 4 is 33.2 Å². The van der Waals surface area contributed by atoms with E-state index < -0.39 is 0 Å². The molecule has 2 rings (SSSR count). The van der Waals surface area contributed by atoms with Crippen LogP contribution in [-0.4, -0.2) is 9.97 Å². The van der Waals surface area contributed by atoms with Crippen molar-refractivity contribution in [3.63, 3.8) is 0 Å². The summed E-state index contributed by atoms with van der Waals surface area (Å²) in [5.74, 6) is 0. The molecule has 2 heterocycles. The second-order valence-electron chi connectivity index (χ2n) is 1.83. The summed E-state index contributed by atoms with van der Waals surface area (Å²) in [6.45, 7) is 0. The number of thiophene rings is 1. The summed E-state index contributed by atoms with van der Waals surface area (Å²) >= 11 is 7.20. The Morgan fingerprint density at radius 1 is 1.50 bits per heavy atom. The first-order valence-corrected chi connectivity index (χ1v) is 3.91. The van der Waals surface area contributed by atoms with Crippen molar-refractivity contribution in [3.8, 4) is 0 Å². The molecule has 0 aliphatic carbocycles. The molecule has 0 amide bonds. The Balaban J connectivity index is 2.88. The predicted octanol–water partition coefficient (Wildman–Crippen LogP) is 2.34. The molecule has 0 saturated carbocycles. The summed E-state index contributed by atoms with van der Waals surface area (Å²) in [4.78, 5) is 8.83. The van der Waals surface area contributed by atoms with Gasteiger partial charge in [-0.15, -0.1) is 11.3 Å². The van der Waals surface area contributed by atoms with Gasteiger partial charge in [0.15, 0.2) is 0 Å². The van der Waals surface area contributed by atoms with Crippen LogP contribution in [0.2, 0.25) is 4.34 Å². The lowest BCUT2D eigenvalue weighted by atomic mass is 10.4. The molecular weight excluding hydrogens is 168 g/mol. The molecule has 0 aliphatic rings. The molecule has 0 bridgehead atoms. The van der Waals surface area contributed by atoms with Crippen LogP contribution >= 0.6 is 22.9 Å². The molecular formula is C6H3ClN2S. The van der Waals surface area contributed by atoms with Crippen LogP contribution in [0.1, 0.15) is 0 Å². The van der Waals surface area contributed by atoms with Gasteiger partial charge in [-0.1, -0.05) is 11.6 Å². The second-order valence-corrected chi connectivity index (χ2v) is 3.50. The van der Waals surface area contributed by atoms with Crippen LogP contribution in [0, 0.1) is 0 Å². The van der Waals surface area contributed by atoms with Gasteiger partial charge in [0.1, 0.15) is 11.2 Å². The van der Waals surface area contributed by atoms with E-state index in [9.17, 15) is 0 Å². The first-order chi connectivity index (χ1) is 4.86. The highest BCUT2D eigenvalue weighted by Gasteiger charge is 1.97. The lowest BCUT2D eigenvalue weighted by Gasteiger charge is -1.80. The molecule has 0 spiro atoms. The van der Waals surface area contributed by atoms with Gasteiger partial charge in [-0.25, -0.2) is 9.97 Å². The predicted molar refractivity (Wildman–Crippen MR) is 42.4 cm³/mol. The molecule has 0 fully saturated rings. The molecule has 0 saturated heterocycles. The highest BCUT2D eigenvalue weighted by atomic mass is 35.5. The minimum Gasteiger partial charge on any atom is -0.244 e. The minimum absolute atomic E-state index is 0.760. The van der Waals surface area contributed by atoms with Gasteiger partial charge in [0.2, 0.25) is 0 Å². The van der Waals surface area contributed by atoms with Crippen molar-refractivity contribution in [1.29, 1.82) is 0 Å². The Bertz CT molecular complexity index is 324. The fraction of sp³-hybridized carbons (Fsp3) is 0. The van der Waals surface area contributed by atoms with Crippen molar-refractivity contribution in [2.75, 3.05) is 0 Å². The van der Waals surface area contributed by atoms with Crippen molar-refractivity contribution < 1.29 is 0 Å². The fourth-order valence-corrected chi connectivity index (χ4v) is 1.79. The maximum absolute atomic E-state index is 5.73. The maximum Gasteiger partial charge on any atom is 0.128 e. The van der Waals surface area contributed by atoms with E-state index in [4.69, 9.17) is 11.6 Å². The monoisotopic (exact) mass is 170 g/mol. The third-order valence-electron chi connectivity index (χ3n) is 1.17. The van der Waals surface area contributed by atoms with Crippen LogP contribution < -0.4 is 0 Å². The zero-order valence-corrected chi connectivity index (χ0v) is 6.49. The topological polar surface area (TPSA) is 25.8 Å². The number of hydrogen-bond acceptors (Lipinski definition) is 3. The molecule has 4 heteroatoms. The molecule has 2 nitrogen and oxygen atoms in total. The van der Waals surface area contributed by atoms with Gasteiger partial charge in [0.05, 0.1) is 4.34 Å². The SMILES string of the molecule is Clc1cc2cncnc2s1. The molecule has 0 unspecified atom stereocenters. The van der Waals surface area contributed by atoms with E-state index >= 15 is 0 Å². The number of hydrogen-bond donors (Lipinski definition) is 0. The standard InChI is InChI=1S/C6H3ClN2S/c7-5-1-4-2-8-3-9-6(4)10-5/h1-3H. The third kappa shape index (κ3) is 0.874. The number of nitrogens with zero attached hydrogens (tertiary/aromatic N) is 2. The van der Waals surface area contributed by atoms with Gasteiger partial charge >= 0.3 is 0 Å². The Hall–Kier alpha value is -0.670. The molecule has 0 radical (unpaired) electrons. The van der Waals surface area contributed by atoms with E-state index in [1.54, 1.807) is 6.20 Å². The van der Waals surface area contributed by atoms with E-state index in [1.807, 2.05) is 6.07 Å². The Morgan fingerprint density at radius 3 is 3.20 bits per heavy atom.